The molecule has 1 unspecified atom stereocenters. The molecule has 0 amide bonds. The molecule has 1 atom stereocenters. The summed E-state index contributed by atoms with van der Waals surface area (Å²) in [6, 6.07) is 13.5. The van der Waals surface area contributed by atoms with Gasteiger partial charge in [0.25, 0.3) is 0 Å². The molecule has 0 aliphatic rings. The second kappa shape index (κ2) is 5.46. The van der Waals surface area contributed by atoms with E-state index in [1.54, 1.807) is 0 Å². The number of aromatic nitrogens is 1. The fourth-order valence-electron chi connectivity index (χ4n) is 2.10. The van der Waals surface area contributed by atoms with Crippen LogP contribution < -0.4 is 5.76 Å². The van der Waals surface area contributed by atoms with Gasteiger partial charge in [0.1, 0.15) is 0 Å². The zero-order valence-corrected chi connectivity index (χ0v) is 12.7. The molecule has 3 nitrogen and oxygen atoms in total. The van der Waals surface area contributed by atoms with E-state index in [1.165, 1.54) is 5.56 Å². The first-order valence-electron chi connectivity index (χ1n) is 6.13. The minimum absolute atomic E-state index is 0.147. The molecule has 3 aromatic rings. The summed E-state index contributed by atoms with van der Waals surface area (Å²) < 4.78 is 5.08. The van der Waals surface area contributed by atoms with Crippen LogP contribution in [0.5, 0.6) is 0 Å². The van der Waals surface area contributed by atoms with E-state index < -0.39 is 5.76 Å². The van der Waals surface area contributed by atoms with Gasteiger partial charge in [0.15, 0.2) is 5.58 Å². The lowest BCUT2D eigenvalue weighted by Gasteiger charge is -2.10. The molecule has 0 aliphatic heterocycles. The fraction of sp³-hybridized carbons (Fsp3) is 0.133. The third kappa shape index (κ3) is 2.81. The maximum atomic E-state index is 11.1. The van der Waals surface area contributed by atoms with Gasteiger partial charge < -0.3 is 4.42 Å². The Balaban J connectivity index is 1.85. The highest BCUT2D eigenvalue weighted by Gasteiger charge is 2.11. The number of alkyl halides is 1. The highest BCUT2D eigenvalue weighted by molar-refractivity contribution is 9.09. The van der Waals surface area contributed by atoms with Crippen molar-refractivity contribution in [3.8, 4) is 0 Å². The first-order chi connectivity index (χ1) is 9.61. The number of rotatable bonds is 3. The van der Waals surface area contributed by atoms with Gasteiger partial charge in [-0.2, -0.15) is 0 Å². The Morgan fingerprint density at radius 2 is 1.95 bits per heavy atom. The molecule has 0 bridgehead atoms. The van der Waals surface area contributed by atoms with Crippen LogP contribution in [0, 0.1) is 0 Å². The third-order valence-corrected chi connectivity index (χ3v) is 4.24. The van der Waals surface area contributed by atoms with Crippen molar-refractivity contribution in [3.05, 3.63) is 69.2 Å². The largest absolute Gasteiger partial charge is 0.417 e. The van der Waals surface area contributed by atoms with Gasteiger partial charge >= 0.3 is 5.76 Å². The van der Waals surface area contributed by atoms with Crippen LogP contribution in [-0.2, 0) is 6.42 Å². The molecule has 1 heterocycles. The minimum atomic E-state index is -0.430. The van der Waals surface area contributed by atoms with E-state index in [2.05, 4.69) is 20.9 Å². The summed E-state index contributed by atoms with van der Waals surface area (Å²) in [5.74, 6) is -0.430. The number of halogens is 2. The van der Waals surface area contributed by atoms with Crippen molar-refractivity contribution in [1.29, 1.82) is 0 Å². The molecule has 0 aliphatic carbocycles. The zero-order chi connectivity index (χ0) is 14.1. The maximum absolute atomic E-state index is 11.1. The van der Waals surface area contributed by atoms with Crippen LogP contribution in [0.1, 0.15) is 16.0 Å². The molecule has 102 valence electrons. The summed E-state index contributed by atoms with van der Waals surface area (Å²) >= 11 is 9.55. The summed E-state index contributed by atoms with van der Waals surface area (Å²) in [6.07, 6.45) is 0.831. The van der Waals surface area contributed by atoms with Crippen LogP contribution in [0.25, 0.3) is 11.1 Å². The van der Waals surface area contributed by atoms with E-state index in [1.807, 2.05) is 42.5 Å². The van der Waals surface area contributed by atoms with Gasteiger partial charge in [-0.1, -0.05) is 45.7 Å². The number of H-pyrrole nitrogens is 1. The number of hydrogen-bond donors (Lipinski definition) is 1. The Bertz CT molecular complexity index is 791. The van der Waals surface area contributed by atoms with E-state index in [9.17, 15) is 4.79 Å². The molecular weight excluding hydrogens is 342 g/mol. The number of benzene rings is 2. The normalized spacial score (nSPS) is 12.7. The zero-order valence-electron chi connectivity index (χ0n) is 10.4. The average Bonchev–Trinajstić information content (AvgIpc) is 2.80. The van der Waals surface area contributed by atoms with Gasteiger partial charge in [-0.25, -0.2) is 4.79 Å². The molecule has 5 heteroatoms. The van der Waals surface area contributed by atoms with E-state index >= 15 is 0 Å². The molecule has 0 radical (unpaired) electrons. The van der Waals surface area contributed by atoms with Gasteiger partial charge in [-0.15, -0.1) is 0 Å². The minimum Gasteiger partial charge on any atom is -0.408 e. The van der Waals surface area contributed by atoms with Crippen molar-refractivity contribution in [3.63, 3.8) is 0 Å². The van der Waals surface area contributed by atoms with Crippen molar-refractivity contribution in [1.82, 2.24) is 4.98 Å². The Hall–Kier alpha value is -1.52. The van der Waals surface area contributed by atoms with Crippen LogP contribution >= 0.6 is 27.5 Å². The molecular formula is C15H11BrClNO2. The lowest BCUT2D eigenvalue weighted by atomic mass is 10.0. The second-order valence-electron chi connectivity index (χ2n) is 4.57. The van der Waals surface area contributed by atoms with Crippen molar-refractivity contribution >= 4 is 38.6 Å². The maximum Gasteiger partial charge on any atom is 0.417 e. The lowest BCUT2D eigenvalue weighted by molar-refractivity contribution is 0.555. The predicted molar refractivity (Wildman–Crippen MR) is 83.7 cm³/mol. The molecule has 0 fully saturated rings. The van der Waals surface area contributed by atoms with Crippen molar-refractivity contribution in [2.75, 3.05) is 0 Å². The summed E-state index contributed by atoms with van der Waals surface area (Å²) in [7, 11) is 0. The number of aromatic amines is 1. The van der Waals surface area contributed by atoms with Gasteiger partial charge in [0, 0.05) is 9.85 Å². The smallest absolute Gasteiger partial charge is 0.408 e. The van der Waals surface area contributed by atoms with Crippen LogP contribution in [0.2, 0.25) is 5.02 Å². The summed E-state index contributed by atoms with van der Waals surface area (Å²) in [6.45, 7) is 0. The molecule has 0 saturated carbocycles. The SMILES string of the molecule is O=c1[nH]c2ccc(C(Br)Cc3ccc(Cl)cc3)cc2o1. The average molecular weight is 353 g/mol. The lowest BCUT2D eigenvalue weighted by Crippen LogP contribution is -1.95. The molecule has 0 saturated heterocycles. The topological polar surface area (TPSA) is 46.0 Å². The Kier molecular flexibility index (Phi) is 3.68. The van der Waals surface area contributed by atoms with Crippen molar-refractivity contribution < 1.29 is 4.42 Å². The molecule has 1 N–H and O–H groups in total. The Morgan fingerprint density at radius 3 is 2.70 bits per heavy atom. The highest BCUT2D eigenvalue weighted by atomic mass is 79.9. The summed E-state index contributed by atoms with van der Waals surface area (Å²) in [4.78, 5) is 13.9. The third-order valence-electron chi connectivity index (χ3n) is 3.13. The van der Waals surface area contributed by atoms with Crippen LogP contribution in [-0.4, -0.2) is 4.98 Å². The van der Waals surface area contributed by atoms with E-state index in [0.29, 0.717) is 11.1 Å². The first-order valence-corrected chi connectivity index (χ1v) is 7.42. The molecule has 3 rings (SSSR count). The molecule has 0 spiro atoms. The van der Waals surface area contributed by atoms with Gasteiger partial charge in [0.2, 0.25) is 0 Å². The Labute approximate surface area is 128 Å². The number of fused-ring (bicyclic) bond motifs is 1. The number of nitrogens with one attached hydrogen (secondary N) is 1. The van der Waals surface area contributed by atoms with Crippen LogP contribution in [0.3, 0.4) is 0 Å². The highest BCUT2D eigenvalue weighted by Crippen LogP contribution is 2.29. The first kappa shape index (κ1) is 13.5. The standard InChI is InChI=1S/C15H11BrClNO2/c16-12(7-9-1-4-11(17)5-2-9)10-3-6-13-14(8-10)20-15(19)18-13/h1-6,8,12H,7H2,(H,18,19). The van der Waals surface area contributed by atoms with Gasteiger partial charge in [-0.05, 0) is 41.8 Å². The van der Waals surface area contributed by atoms with Crippen LogP contribution in [0.4, 0.5) is 0 Å². The Morgan fingerprint density at radius 1 is 1.20 bits per heavy atom. The number of hydrogen-bond acceptors (Lipinski definition) is 2. The van der Waals surface area contributed by atoms with Gasteiger partial charge in [-0.3, -0.25) is 4.98 Å². The molecule has 2 aromatic carbocycles. The second-order valence-corrected chi connectivity index (χ2v) is 6.11. The van der Waals surface area contributed by atoms with Gasteiger partial charge in [0.05, 0.1) is 5.52 Å². The van der Waals surface area contributed by atoms with E-state index in [-0.39, 0.29) is 4.83 Å². The molecule has 1 aromatic heterocycles. The summed E-state index contributed by atoms with van der Waals surface area (Å²) in [5.41, 5.74) is 3.54. The van der Waals surface area contributed by atoms with Crippen LogP contribution in [0.15, 0.2) is 51.7 Å². The van der Waals surface area contributed by atoms with Crippen molar-refractivity contribution in [2.24, 2.45) is 0 Å². The predicted octanol–water partition coefficient (Wildman–Crippen LogP) is 4.45. The van der Waals surface area contributed by atoms with Crippen molar-refractivity contribution in [2.45, 2.75) is 11.2 Å². The quantitative estimate of drug-likeness (QED) is 0.708. The molecule has 20 heavy (non-hydrogen) atoms. The van der Waals surface area contributed by atoms with E-state index in [0.717, 1.165) is 17.0 Å². The van der Waals surface area contributed by atoms with E-state index in [4.69, 9.17) is 16.0 Å². The monoisotopic (exact) mass is 351 g/mol. The number of oxazole rings is 1. The summed E-state index contributed by atoms with van der Waals surface area (Å²) in [5, 5.41) is 0.732. The fourth-order valence-corrected chi connectivity index (χ4v) is 2.89.